The number of hydrogen-bond acceptors (Lipinski definition) is 3. The van der Waals surface area contributed by atoms with Gasteiger partial charge in [-0.3, -0.25) is 11.3 Å². The van der Waals surface area contributed by atoms with Crippen LogP contribution in [0.2, 0.25) is 0 Å². The van der Waals surface area contributed by atoms with E-state index >= 15 is 0 Å². The van der Waals surface area contributed by atoms with Gasteiger partial charge in [-0.2, -0.15) is 0 Å². The summed E-state index contributed by atoms with van der Waals surface area (Å²) in [7, 11) is 0. The van der Waals surface area contributed by atoms with Crippen molar-refractivity contribution in [2.75, 3.05) is 6.61 Å². The molecule has 3 heteroatoms. The molecule has 0 aromatic heterocycles. The van der Waals surface area contributed by atoms with E-state index in [1.54, 1.807) is 0 Å². The number of para-hydroxylation sites is 1. The summed E-state index contributed by atoms with van der Waals surface area (Å²) in [5.74, 6) is 7.47. The third-order valence-corrected chi connectivity index (χ3v) is 4.35. The number of benzene rings is 1. The fourth-order valence-corrected chi connectivity index (χ4v) is 3.33. The molecule has 0 aliphatic heterocycles. The standard InChI is InChI=1S/C17H28N2O/c1-2-20-16-13-9-8-12-15(16)17(19-18)14-10-6-4-3-5-7-11-14/h8-9,12-14,17,19H,2-7,10-11,18H2,1H3. The monoisotopic (exact) mass is 276 g/mol. The Labute approximate surface area is 122 Å². The average molecular weight is 276 g/mol. The third-order valence-electron chi connectivity index (χ3n) is 4.35. The van der Waals surface area contributed by atoms with Crippen molar-refractivity contribution >= 4 is 0 Å². The number of hydrazine groups is 1. The van der Waals surface area contributed by atoms with Crippen molar-refractivity contribution in [3.05, 3.63) is 29.8 Å². The van der Waals surface area contributed by atoms with Gasteiger partial charge in [-0.25, -0.2) is 0 Å². The van der Waals surface area contributed by atoms with Crippen LogP contribution in [0.1, 0.15) is 63.5 Å². The molecule has 3 N–H and O–H groups in total. The van der Waals surface area contributed by atoms with Gasteiger partial charge in [0.2, 0.25) is 0 Å². The highest BCUT2D eigenvalue weighted by atomic mass is 16.5. The van der Waals surface area contributed by atoms with Crippen molar-refractivity contribution in [2.45, 2.75) is 57.9 Å². The second-order valence-electron chi connectivity index (χ2n) is 5.72. The van der Waals surface area contributed by atoms with Crippen LogP contribution in [0.5, 0.6) is 5.75 Å². The predicted molar refractivity (Wildman–Crippen MR) is 83.5 cm³/mol. The Hall–Kier alpha value is -1.06. The van der Waals surface area contributed by atoms with Gasteiger partial charge in [-0.1, -0.05) is 50.3 Å². The van der Waals surface area contributed by atoms with Gasteiger partial charge in [-0.15, -0.1) is 0 Å². The van der Waals surface area contributed by atoms with Crippen molar-refractivity contribution < 1.29 is 4.74 Å². The van der Waals surface area contributed by atoms with E-state index in [-0.39, 0.29) is 6.04 Å². The topological polar surface area (TPSA) is 47.3 Å². The maximum absolute atomic E-state index is 5.89. The van der Waals surface area contributed by atoms with E-state index in [9.17, 15) is 0 Å². The van der Waals surface area contributed by atoms with Crippen molar-refractivity contribution in [1.29, 1.82) is 0 Å². The van der Waals surface area contributed by atoms with E-state index in [0.717, 1.165) is 5.75 Å². The molecule has 1 fully saturated rings. The Kier molecular flexibility index (Phi) is 6.34. The minimum atomic E-state index is 0.204. The summed E-state index contributed by atoms with van der Waals surface area (Å²) in [6, 6.07) is 8.50. The Morgan fingerprint density at radius 2 is 1.80 bits per heavy atom. The molecule has 1 aromatic carbocycles. The molecule has 1 unspecified atom stereocenters. The third kappa shape index (κ3) is 3.97. The molecule has 1 saturated carbocycles. The fourth-order valence-electron chi connectivity index (χ4n) is 3.33. The number of rotatable bonds is 5. The van der Waals surface area contributed by atoms with E-state index < -0.39 is 0 Å². The Morgan fingerprint density at radius 3 is 2.45 bits per heavy atom. The Bertz CT molecular complexity index is 386. The molecule has 0 spiro atoms. The normalized spacial score (nSPS) is 19.1. The second-order valence-corrected chi connectivity index (χ2v) is 5.72. The van der Waals surface area contributed by atoms with Gasteiger partial charge in [0.1, 0.15) is 5.75 Å². The SMILES string of the molecule is CCOc1ccccc1C(NN)C1CCCCCCC1. The van der Waals surface area contributed by atoms with Crippen LogP contribution in [0.15, 0.2) is 24.3 Å². The first-order valence-corrected chi connectivity index (χ1v) is 8.04. The van der Waals surface area contributed by atoms with Gasteiger partial charge in [0, 0.05) is 5.56 Å². The first kappa shape index (κ1) is 15.3. The average Bonchev–Trinajstić information content (AvgIpc) is 2.43. The molecule has 0 amide bonds. The van der Waals surface area contributed by atoms with Gasteiger partial charge < -0.3 is 4.74 Å². The lowest BCUT2D eigenvalue weighted by Gasteiger charge is -2.29. The molecule has 2 rings (SSSR count). The molecule has 20 heavy (non-hydrogen) atoms. The summed E-state index contributed by atoms with van der Waals surface area (Å²) in [5, 5.41) is 0. The van der Waals surface area contributed by atoms with Crippen molar-refractivity contribution in [1.82, 2.24) is 5.43 Å². The Balaban J connectivity index is 2.17. The van der Waals surface area contributed by atoms with Crippen LogP contribution in [-0.2, 0) is 0 Å². The van der Waals surface area contributed by atoms with Crippen LogP contribution >= 0.6 is 0 Å². The van der Waals surface area contributed by atoms with Crippen LogP contribution in [-0.4, -0.2) is 6.61 Å². The molecule has 1 atom stereocenters. The summed E-state index contributed by atoms with van der Waals surface area (Å²) in [5.41, 5.74) is 4.27. The zero-order chi connectivity index (χ0) is 14.2. The molecule has 1 aliphatic rings. The molecule has 1 aliphatic carbocycles. The van der Waals surface area contributed by atoms with Gasteiger partial charge in [0.25, 0.3) is 0 Å². The lowest BCUT2D eigenvalue weighted by Crippen LogP contribution is -2.34. The number of hydrogen-bond donors (Lipinski definition) is 2. The minimum absolute atomic E-state index is 0.204. The lowest BCUT2D eigenvalue weighted by atomic mass is 9.83. The Morgan fingerprint density at radius 1 is 1.15 bits per heavy atom. The van der Waals surface area contributed by atoms with Gasteiger partial charge in [0.15, 0.2) is 0 Å². The molecule has 3 nitrogen and oxygen atoms in total. The maximum atomic E-state index is 5.89. The lowest BCUT2D eigenvalue weighted by molar-refractivity contribution is 0.276. The molecular weight excluding hydrogens is 248 g/mol. The number of nitrogens with two attached hydrogens (primary N) is 1. The zero-order valence-electron chi connectivity index (χ0n) is 12.6. The quantitative estimate of drug-likeness (QED) is 0.632. The van der Waals surface area contributed by atoms with E-state index in [1.807, 2.05) is 19.1 Å². The van der Waals surface area contributed by atoms with Crippen LogP contribution in [0.4, 0.5) is 0 Å². The van der Waals surface area contributed by atoms with Crippen molar-refractivity contribution in [2.24, 2.45) is 11.8 Å². The number of ether oxygens (including phenoxy) is 1. The van der Waals surface area contributed by atoms with Crippen LogP contribution < -0.4 is 16.0 Å². The first-order chi connectivity index (χ1) is 9.86. The van der Waals surface area contributed by atoms with Crippen molar-refractivity contribution in [3.8, 4) is 5.75 Å². The molecule has 112 valence electrons. The largest absolute Gasteiger partial charge is 0.494 e. The summed E-state index contributed by atoms with van der Waals surface area (Å²) in [6.45, 7) is 2.72. The zero-order valence-corrected chi connectivity index (χ0v) is 12.6. The summed E-state index contributed by atoms with van der Waals surface area (Å²) >= 11 is 0. The molecule has 0 saturated heterocycles. The van der Waals surface area contributed by atoms with E-state index in [4.69, 9.17) is 10.6 Å². The van der Waals surface area contributed by atoms with Gasteiger partial charge in [0.05, 0.1) is 12.6 Å². The van der Waals surface area contributed by atoms with Crippen LogP contribution in [0, 0.1) is 5.92 Å². The van der Waals surface area contributed by atoms with Gasteiger partial charge in [-0.05, 0) is 31.7 Å². The summed E-state index contributed by atoms with van der Waals surface area (Å²) in [4.78, 5) is 0. The summed E-state index contributed by atoms with van der Waals surface area (Å²) in [6.07, 6.45) is 9.27. The molecule has 0 radical (unpaired) electrons. The van der Waals surface area contributed by atoms with E-state index in [2.05, 4.69) is 17.6 Å². The highest BCUT2D eigenvalue weighted by Crippen LogP contribution is 2.36. The van der Waals surface area contributed by atoms with E-state index in [1.165, 1.54) is 50.5 Å². The number of nitrogens with one attached hydrogen (secondary N) is 1. The van der Waals surface area contributed by atoms with Crippen LogP contribution in [0.25, 0.3) is 0 Å². The maximum Gasteiger partial charge on any atom is 0.124 e. The minimum Gasteiger partial charge on any atom is -0.494 e. The first-order valence-electron chi connectivity index (χ1n) is 8.04. The molecule has 0 bridgehead atoms. The van der Waals surface area contributed by atoms with Crippen molar-refractivity contribution in [3.63, 3.8) is 0 Å². The molecular formula is C17H28N2O. The highest BCUT2D eigenvalue weighted by Gasteiger charge is 2.25. The summed E-state index contributed by atoms with van der Waals surface area (Å²) < 4.78 is 5.77. The molecule has 0 heterocycles. The van der Waals surface area contributed by atoms with Gasteiger partial charge >= 0.3 is 0 Å². The second kappa shape index (κ2) is 8.28. The smallest absolute Gasteiger partial charge is 0.124 e. The van der Waals surface area contributed by atoms with E-state index in [0.29, 0.717) is 12.5 Å². The fraction of sp³-hybridized carbons (Fsp3) is 0.647. The predicted octanol–water partition coefficient (Wildman–Crippen LogP) is 3.95. The highest BCUT2D eigenvalue weighted by molar-refractivity contribution is 5.36. The molecule has 1 aromatic rings. The van der Waals surface area contributed by atoms with Crippen LogP contribution in [0.3, 0.4) is 0 Å².